The molecule has 0 radical (unpaired) electrons. The Hall–Kier alpha value is -0.760. The predicted octanol–water partition coefficient (Wildman–Crippen LogP) is 8.70. The van der Waals surface area contributed by atoms with Gasteiger partial charge < -0.3 is 11.5 Å². The molecule has 0 aliphatic heterocycles. The van der Waals surface area contributed by atoms with Crippen LogP contribution in [-0.2, 0) is 0 Å². The molecule has 4 N–H and O–H groups in total. The molecule has 0 bridgehead atoms. The summed E-state index contributed by atoms with van der Waals surface area (Å²) < 4.78 is 0. The van der Waals surface area contributed by atoms with Crippen molar-refractivity contribution < 1.29 is 0 Å². The summed E-state index contributed by atoms with van der Waals surface area (Å²) in [6.45, 7) is 0. The Morgan fingerprint density at radius 2 is 0.906 bits per heavy atom. The van der Waals surface area contributed by atoms with Crippen molar-refractivity contribution in [3.05, 3.63) is 56.5 Å². The second-order valence-electron chi connectivity index (χ2n) is 6.86. The Kier molecular flexibility index (Phi) is 13.1. The van der Waals surface area contributed by atoms with Crippen LogP contribution in [0.25, 0.3) is 0 Å². The predicted molar refractivity (Wildman–Crippen MR) is 148 cm³/mol. The Morgan fingerprint density at radius 3 is 1.25 bits per heavy atom. The molecule has 2 rings (SSSR count). The van der Waals surface area contributed by atoms with E-state index in [1.807, 2.05) is 0 Å². The number of nitrogens with two attached hydrogens (primary N) is 2. The molecule has 0 heterocycles. The monoisotopic (exact) mass is 550 g/mol. The molecule has 4 nitrogen and oxygen atoms in total. The summed E-state index contributed by atoms with van der Waals surface area (Å²) in [7, 11) is 0. The van der Waals surface area contributed by atoms with Crippen molar-refractivity contribution in [2.24, 2.45) is 21.5 Å². The molecule has 0 aliphatic rings. The summed E-state index contributed by atoms with van der Waals surface area (Å²) in [4.78, 5) is 8.67. The summed E-state index contributed by atoms with van der Waals surface area (Å²) in [6, 6.07) is 10.6. The maximum Gasteiger partial charge on any atom is 0.159 e. The number of thioether (sulfide) groups is 2. The Morgan fingerprint density at radius 1 is 0.594 bits per heavy atom. The summed E-state index contributed by atoms with van der Waals surface area (Å²) in [5, 5.41) is 2.96. The van der Waals surface area contributed by atoms with Gasteiger partial charge in [-0.1, -0.05) is 108 Å². The number of amidine groups is 2. The van der Waals surface area contributed by atoms with Crippen LogP contribution in [0.15, 0.2) is 46.4 Å². The highest BCUT2D eigenvalue weighted by molar-refractivity contribution is 8.14. The normalized spacial score (nSPS) is 12.4. The molecule has 10 heteroatoms. The highest BCUT2D eigenvalue weighted by Crippen LogP contribution is 2.34. The van der Waals surface area contributed by atoms with Crippen molar-refractivity contribution in [1.29, 1.82) is 0 Å². The summed E-state index contributed by atoms with van der Waals surface area (Å²) in [6.07, 6.45) is 6.88. The lowest BCUT2D eigenvalue weighted by atomic mass is 10.1. The fourth-order valence-corrected chi connectivity index (χ4v) is 5.13. The maximum absolute atomic E-state index is 6.11. The second kappa shape index (κ2) is 15.2. The van der Waals surface area contributed by atoms with Crippen molar-refractivity contribution in [3.8, 4) is 0 Å². The Bertz CT molecular complexity index is 822. The summed E-state index contributed by atoms with van der Waals surface area (Å²) in [5.74, 6) is 1.84. The molecule has 0 saturated heterocycles. The lowest BCUT2D eigenvalue weighted by Gasteiger charge is -2.05. The highest BCUT2D eigenvalue weighted by atomic mass is 35.5. The van der Waals surface area contributed by atoms with Gasteiger partial charge in [0.15, 0.2) is 10.3 Å². The van der Waals surface area contributed by atoms with Gasteiger partial charge in [0, 0.05) is 11.5 Å². The van der Waals surface area contributed by atoms with E-state index in [4.69, 9.17) is 57.9 Å². The zero-order valence-electron chi connectivity index (χ0n) is 17.5. The molecular weight excluding hydrogens is 526 g/mol. The van der Waals surface area contributed by atoms with Gasteiger partial charge >= 0.3 is 0 Å². The molecule has 0 aromatic heterocycles. The minimum Gasteiger partial charge on any atom is -0.378 e. The standard InChI is InChI=1S/C22H26Cl4N4S2/c23-15-9-7-10-16(24)19(15)29-21(27)31-13-5-3-1-2-4-6-14-32-22(28)30-20-17(25)11-8-12-18(20)26/h7-12H,1-6,13-14H2,(H2,27,29)(H2,28,30). The van der Waals surface area contributed by atoms with Gasteiger partial charge in [0.2, 0.25) is 0 Å². The lowest BCUT2D eigenvalue weighted by molar-refractivity contribution is 0.629. The fourth-order valence-electron chi connectivity index (χ4n) is 2.74. The molecule has 174 valence electrons. The van der Waals surface area contributed by atoms with E-state index in [1.54, 1.807) is 36.4 Å². The molecule has 0 aliphatic carbocycles. The number of rotatable bonds is 11. The van der Waals surface area contributed by atoms with Crippen molar-refractivity contribution in [2.75, 3.05) is 11.5 Å². The average Bonchev–Trinajstić information content (AvgIpc) is 2.75. The number of aliphatic imine (C=N–C) groups is 2. The van der Waals surface area contributed by atoms with E-state index >= 15 is 0 Å². The third kappa shape index (κ3) is 10.0. The van der Waals surface area contributed by atoms with Crippen LogP contribution >= 0.6 is 69.9 Å². The Balaban J connectivity index is 1.54. The molecule has 0 spiro atoms. The van der Waals surface area contributed by atoms with Gasteiger partial charge in [-0.3, -0.25) is 0 Å². The second-order valence-corrected chi connectivity index (χ2v) is 10.7. The van der Waals surface area contributed by atoms with Crippen LogP contribution in [0.3, 0.4) is 0 Å². The molecule has 2 aromatic carbocycles. The topological polar surface area (TPSA) is 76.8 Å². The first-order valence-corrected chi connectivity index (χ1v) is 13.7. The minimum atomic E-state index is 0.481. The first-order chi connectivity index (χ1) is 15.4. The molecule has 0 unspecified atom stereocenters. The number of benzene rings is 2. The molecule has 2 aromatic rings. The van der Waals surface area contributed by atoms with E-state index in [2.05, 4.69) is 9.98 Å². The first-order valence-electron chi connectivity index (χ1n) is 10.2. The van der Waals surface area contributed by atoms with E-state index in [1.165, 1.54) is 36.4 Å². The number of hydrogen-bond acceptors (Lipinski definition) is 4. The minimum absolute atomic E-state index is 0.481. The van der Waals surface area contributed by atoms with Gasteiger partial charge in [-0.05, 0) is 37.1 Å². The van der Waals surface area contributed by atoms with Crippen molar-refractivity contribution >= 4 is 91.6 Å². The third-order valence-corrected chi connectivity index (χ3v) is 7.34. The van der Waals surface area contributed by atoms with Gasteiger partial charge in [-0.2, -0.15) is 0 Å². The van der Waals surface area contributed by atoms with E-state index in [9.17, 15) is 0 Å². The van der Waals surface area contributed by atoms with E-state index in [-0.39, 0.29) is 0 Å². The van der Waals surface area contributed by atoms with Gasteiger partial charge in [-0.25, -0.2) is 9.98 Å². The smallest absolute Gasteiger partial charge is 0.159 e. The lowest BCUT2D eigenvalue weighted by Crippen LogP contribution is -2.07. The average molecular weight is 552 g/mol. The number of halogens is 4. The van der Waals surface area contributed by atoms with Gasteiger partial charge in [-0.15, -0.1) is 0 Å². The summed E-state index contributed by atoms with van der Waals surface area (Å²) in [5.41, 5.74) is 13.0. The van der Waals surface area contributed by atoms with E-state index in [0.717, 1.165) is 37.2 Å². The molecule has 32 heavy (non-hydrogen) atoms. The molecule has 0 fully saturated rings. The molecular formula is C22H26Cl4N4S2. The van der Waals surface area contributed by atoms with Crippen molar-refractivity contribution in [2.45, 2.75) is 38.5 Å². The quantitative estimate of drug-likeness (QED) is 0.166. The van der Waals surface area contributed by atoms with Gasteiger partial charge in [0.1, 0.15) is 11.4 Å². The van der Waals surface area contributed by atoms with Crippen LogP contribution < -0.4 is 11.5 Å². The molecule has 0 saturated carbocycles. The van der Waals surface area contributed by atoms with Crippen LogP contribution in [0.2, 0.25) is 20.1 Å². The third-order valence-electron chi connectivity index (χ3n) is 4.36. The largest absolute Gasteiger partial charge is 0.378 e. The van der Waals surface area contributed by atoms with Crippen molar-refractivity contribution in [1.82, 2.24) is 0 Å². The SMILES string of the molecule is NC(=Nc1c(Cl)cccc1Cl)SCCCCCCCCSC(N)=Nc1c(Cl)cccc1Cl. The van der Waals surface area contributed by atoms with E-state index < -0.39 is 0 Å². The Labute approximate surface area is 218 Å². The molecule has 0 atom stereocenters. The molecule has 0 amide bonds. The van der Waals surface area contributed by atoms with E-state index in [0.29, 0.717) is 41.8 Å². The highest BCUT2D eigenvalue weighted by Gasteiger charge is 2.06. The van der Waals surface area contributed by atoms with Crippen molar-refractivity contribution in [3.63, 3.8) is 0 Å². The van der Waals surface area contributed by atoms with Crippen LogP contribution in [0, 0.1) is 0 Å². The zero-order valence-corrected chi connectivity index (χ0v) is 22.2. The number of nitrogens with zero attached hydrogens (tertiary/aromatic N) is 2. The van der Waals surface area contributed by atoms with Crippen LogP contribution in [0.5, 0.6) is 0 Å². The maximum atomic E-state index is 6.11. The first kappa shape index (κ1) is 27.5. The van der Waals surface area contributed by atoms with Gasteiger partial charge in [0.05, 0.1) is 20.1 Å². The zero-order chi connectivity index (χ0) is 23.3. The number of unbranched alkanes of at least 4 members (excludes halogenated alkanes) is 5. The van der Waals surface area contributed by atoms with Crippen LogP contribution in [-0.4, -0.2) is 21.8 Å². The fraction of sp³-hybridized carbons (Fsp3) is 0.364. The number of hydrogen-bond donors (Lipinski definition) is 2. The summed E-state index contributed by atoms with van der Waals surface area (Å²) >= 11 is 27.5. The number of para-hydroxylation sites is 2. The van der Waals surface area contributed by atoms with Crippen LogP contribution in [0.1, 0.15) is 38.5 Å². The van der Waals surface area contributed by atoms with Gasteiger partial charge in [0.25, 0.3) is 0 Å². The van der Waals surface area contributed by atoms with Crippen LogP contribution in [0.4, 0.5) is 11.4 Å².